The minimum atomic E-state index is -0.268. The first kappa shape index (κ1) is 18.4. The molecule has 0 saturated heterocycles. The number of aryl methyl sites for hydroxylation is 2. The van der Waals surface area contributed by atoms with Gasteiger partial charge in [-0.05, 0) is 36.6 Å². The Morgan fingerprint density at radius 2 is 1.93 bits per heavy atom. The zero-order valence-electron chi connectivity index (χ0n) is 15.6. The van der Waals surface area contributed by atoms with Gasteiger partial charge in [-0.15, -0.1) is 0 Å². The molecule has 0 atom stereocenters. The summed E-state index contributed by atoms with van der Waals surface area (Å²) in [5.41, 5.74) is 4.05. The maximum atomic E-state index is 12.7. The minimum Gasteiger partial charge on any atom is -0.497 e. The smallest absolute Gasteiger partial charge is 0.274 e. The van der Waals surface area contributed by atoms with Crippen molar-refractivity contribution < 1.29 is 9.53 Å². The quantitative estimate of drug-likeness (QED) is 0.682. The minimum absolute atomic E-state index is 0.268. The number of ether oxygens (including phenoxy) is 1. The molecule has 3 aromatic rings. The number of carbonyl (C=O) groups is 1. The van der Waals surface area contributed by atoms with Crippen LogP contribution in [0.5, 0.6) is 5.75 Å². The van der Waals surface area contributed by atoms with Gasteiger partial charge in [0.1, 0.15) is 23.6 Å². The fraction of sp³-hybridized carbons (Fsp3) is 0.190. The second-order valence-electron chi connectivity index (χ2n) is 6.06. The van der Waals surface area contributed by atoms with Gasteiger partial charge in [-0.3, -0.25) is 4.79 Å². The average molecular weight is 362 g/mol. The SMILES string of the molecule is CCc1cccc(C)c1NC(=O)c1cc(Nc2cccc(OC)c2)ncn1. The molecule has 138 valence electrons. The number of hydrogen-bond donors (Lipinski definition) is 2. The number of benzene rings is 2. The van der Waals surface area contributed by atoms with Crippen LogP contribution in [0.25, 0.3) is 0 Å². The van der Waals surface area contributed by atoms with Crippen LogP contribution in [0.15, 0.2) is 54.9 Å². The van der Waals surface area contributed by atoms with Gasteiger partial charge < -0.3 is 15.4 Å². The summed E-state index contributed by atoms with van der Waals surface area (Å²) in [6.45, 7) is 4.04. The molecule has 27 heavy (non-hydrogen) atoms. The van der Waals surface area contributed by atoms with Crippen molar-refractivity contribution in [2.24, 2.45) is 0 Å². The maximum Gasteiger partial charge on any atom is 0.274 e. The lowest BCUT2D eigenvalue weighted by atomic mass is 10.1. The highest BCUT2D eigenvalue weighted by molar-refractivity contribution is 6.04. The van der Waals surface area contributed by atoms with E-state index in [4.69, 9.17) is 4.74 Å². The molecule has 1 aromatic heterocycles. The molecule has 1 amide bonds. The van der Waals surface area contributed by atoms with Gasteiger partial charge in [0.25, 0.3) is 5.91 Å². The third-order valence-electron chi connectivity index (χ3n) is 4.22. The summed E-state index contributed by atoms with van der Waals surface area (Å²) in [6.07, 6.45) is 2.21. The lowest BCUT2D eigenvalue weighted by molar-refractivity contribution is 0.102. The van der Waals surface area contributed by atoms with Crippen molar-refractivity contribution in [2.45, 2.75) is 20.3 Å². The number of hydrogen-bond acceptors (Lipinski definition) is 5. The number of nitrogens with one attached hydrogen (secondary N) is 2. The second kappa shape index (κ2) is 8.31. The second-order valence-corrected chi connectivity index (χ2v) is 6.06. The van der Waals surface area contributed by atoms with E-state index < -0.39 is 0 Å². The summed E-state index contributed by atoms with van der Waals surface area (Å²) in [7, 11) is 1.61. The molecule has 0 saturated carbocycles. The monoisotopic (exact) mass is 362 g/mol. The van der Waals surface area contributed by atoms with Crippen LogP contribution in [-0.4, -0.2) is 23.0 Å². The highest BCUT2D eigenvalue weighted by Gasteiger charge is 2.13. The van der Waals surface area contributed by atoms with Gasteiger partial charge in [-0.1, -0.05) is 31.2 Å². The molecule has 6 nitrogen and oxygen atoms in total. The van der Waals surface area contributed by atoms with E-state index in [9.17, 15) is 4.79 Å². The van der Waals surface area contributed by atoms with Crippen molar-refractivity contribution in [3.63, 3.8) is 0 Å². The van der Waals surface area contributed by atoms with Gasteiger partial charge in [0, 0.05) is 23.5 Å². The number of amides is 1. The van der Waals surface area contributed by atoms with E-state index in [2.05, 4.69) is 27.5 Å². The summed E-state index contributed by atoms with van der Waals surface area (Å²) in [6, 6.07) is 15.1. The maximum absolute atomic E-state index is 12.7. The first-order valence-electron chi connectivity index (χ1n) is 8.73. The third kappa shape index (κ3) is 4.41. The Bertz CT molecular complexity index is 956. The van der Waals surface area contributed by atoms with Crippen LogP contribution in [0.3, 0.4) is 0 Å². The molecule has 0 fully saturated rings. The lowest BCUT2D eigenvalue weighted by Gasteiger charge is -2.13. The Morgan fingerprint density at radius 3 is 2.70 bits per heavy atom. The Balaban J connectivity index is 1.80. The Kier molecular flexibility index (Phi) is 5.66. The molecule has 0 aliphatic rings. The van der Waals surface area contributed by atoms with Crippen LogP contribution in [0, 0.1) is 6.92 Å². The molecule has 2 aromatic carbocycles. The van der Waals surface area contributed by atoms with Gasteiger partial charge in [-0.2, -0.15) is 0 Å². The Labute approximate surface area is 158 Å². The number of methoxy groups -OCH3 is 1. The van der Waals surface area contributed by atoms with E-state index >= 15 is 0 Å². The van der Waals surface area contributed by atoms with E-state index in [1.165, 1.54) is 6.33 Å². The van der Waals surface area contributed by atoms with Crippen LogP contribution in [0.2, 0.25) is 0 Å². The van der Waals surface area contributed by atoms with E-state index in [1.807, 2.05) is 49.4 Å². The Morgan fingerprint density at radius 1 is 1.11 bits per heavy atom. The molecule has 0 unspecified atom stereocenters. The molecular weight excluding hydrogens is 340 g/mol. The molecule has 3 rings (SSSR count). The number of carbonyl (C=O) groups excluding carboxylic acids is 1. The number of rotatable bonds is 6. The van der Waals surface area contributed by atoms with Crippen LogP contribution in [-0.2, 0) is 6.42 Å². The van der Waals surface area contributed by atoms with Gasteiger partial charge in [-0.25, -0.2) is 9.97 Å². The zero-order valence-corrected chi connectivity index (χ0v) is 15.6. The fourth-order valence-electron chi connectivity index (χ4n) is 2.78. The van der Waals surface area contributed by atoms with Gasteiger partial charge in [0.2, 0.25) is 0 Å². The van der Waals surface area contributed by atoms with Crippen molar-refractivity contribution >= 4 is 23.1 Å². The molecule has 0 spiro atoms. The summed E-state index contributed by atoms with van der Waals surface area (Å²) in [5, 5.41) is 6.14. The van der Waals surface area contributed by atoms with Crippen LogP contribution in [0.1, 0.15) is 28.5 Å². The molecular formula is C21H22N4O2. The standard InChI is InChI=1S/C21H22N4O2/c1-4-15-8-5-7-14(2)20(15)25-21(26)18-12-19(23-13-22-18)24-16-9-6-10-17(11-16)27-3/h5-13H,4H2,1-3H3,(H,25,26)(H,22,23,24). The van der Waals surface area contributed by atoms with Crippen molar-refractivity contribution in [2.75, 3.05) is 17.7 Å². The number of anilines is 3. The van der Waals surface area contributed by atoms with Crippen LogP contribution >= 0.6 is 0 Å². The summed E-state index contributed by atoms with van der Waals surface area (Å²) in [5.74, 6) is 0.998. The number of nitrogens with zero attached hydrogens (tertiary/aromatic N) is 2. The van der Waals surface area contributed by atoms with E-state index in [1.54, 1.807) is 13.2 Å². The predicted octanol–water partition coefficient (Wildman–Crippen LogP) is 4.35. The summed E-state index contributed by atoms with van der Waals surface area (Å²) >= 11 is 0. The van der Waals surface area contributed by atoms with Gasteiger partial charge in [0.05, 0.1) is 7.11 Å². The lowest BCUT2D eigenvalue weighted by Crippen LogP contribution is -2.16. The summed E-state index contributed by atoms with van der Waals surface area (Å²) < 4.78 is 5.22. The number of para-hydroxylation sites is 1. The molecule has 0 radical (unpaired) electrons. The van der Waals surface area contributed by atoms with Crippen LogP contribution < -0.4 is 15.4 Å². The van der Waals surface area contributed by atoms with E-state index in [0.717, 1.165) is 34.7 Å². The molecule has 0 aliphatic heterocycles. The van der Waals surface area contributed by atoms with Crippen molar-refractivity contribution in [1.29, 1.82) is 0 Å². The van der Waals surface area contributed by atoms with Crippen molar-refractivity contribution in [3.8, 4) is 5.75 Å². The molecule has 6 heteroatoms. The summed E-state index contributed by atoms with van der Waals surface area (Å²) in [4.78, 5) is 21.0. The van der Waals surface area contributed by atoms with E-state index in [0.29, 0.717) is 11.5 Å². The Hall–Kier alpha value is -3.41. The first-order valence-corrected chi connectivity index (χ1v) is 8.73. The number of aromatic nitrogens is 2. The topological polar surface area (TPSA) is 76.1 Å². The van der Waals surface area contributed by atoms with Gasteiger partial charge in [0.15, 0.2) is 0 Å². The van der Waals surface area contributed by atoms with Crippen molar-refractivity contribution in [1.82, 2.24) is 9.97 Å². The third-order valence-corrected chi connectivity index (χ3v) is 4.22. The highest BCUT2D eigenvalue weighted by Crippen LogP contribution is 2.23. The van der Waals surface area contributed by atoms with Gasteiger partial charge >= 0.3 is 0 Å². The fourth-order valence-corrected chi connectivity index (χ4v) is 2.78. The largest absolute Gasteiger partial charge is 0.497 e. The molecule has 0 bridgehead atoms. The molecule has 1 heterocycles. The zero-order chi connectivity index (χ0) is 19.2. The average Bonchev–Trinajstić information content (AvgIpc) is 2.69. The molecule has 2 N–H and O–H groups in total. The normalized spacial score (nSPS) is 10.3. The molecule has 0 aliphatic carbocycles. The predicted molar refractivity (Wildman–Crippen MR) is 107 cm³/mol. The van der Waals surface area contributed by atoms with E-state index in [-0.39, 0.29) is 5.91 Å². The highest BCUT2D eigenvalue weighted by atomic mass is 16.5. The van der Waals surface area contributed by atoms with Crippen molar-refractivity contribution in [3.05, 3.63) is 71.7 Å². The van der Waals surface area contributed by atoms with Crippen LogP contribution in [0.4, 0.5) is 17.2 Å². The first-order chi connectivity index (χ1) is 13.1.